The maximum absolute atomic E-state index is 13.0. The summed E-state index contributed by atoms with van der Waals surface area (Å²) < 4.78 is 43.9. The molecule has 0 saturated carbocycles. The predicted molar refractivity (Wildman–Crippen MR) is 80.3 cm³/mol. The van der Waals surface area contributed by atoms with E-state index in [1.807, 2.05) is 0 Å². The number of nitrogens with one attached hydrogen (secondary N) is 1. The van der Waals surface area contributed by atoms with Gasteiger partial charge >= 0.3 is 0 Å². The molecule has 116 valence electrons. The fourth-order valence-corrected chi connectivity index (χ4v) is 4.05. The fraction of sp³-hybridized carbons (Fsp3) is 0.250. The topological polar surface area (TPSA) is 55.4 Å². The van der Waals surface area contributed by atoms with Gasteiger partial charge in [0.1, 0.15) is 16.5 Å². The van der Waals surface area contributed by atoms with Crippen LogP contribution in [0.5, 0.6) is 5.75 Å². The van der Waals surface area contributed by atoms with Crippen LogP contribution in [0, 0.1) is 5.82 Å². The molecule has 0 unspecified atom stereocenters. The number of ether oxygens (including phenoxy) is 1. The molecular weight excluding hydrogens is 305 g/mol. The van der Waals surface area contributed by atoms with Crippen LogP contribution in [0.1, 0.15) is 11.1 Å². The maximum Gasteiger partial charge on any atom is 0.210 e. The van der Waals surface area contributed by atoms with E-state index >= 15 is 0 Å². The molecule has 6 heteroatoms. The SMILES string of the molecule is COc1cc2c(cc1S(=O)(=O)c1ccc(F)cc1)CNCC2. The molecule has 0 atom stereocenters. The van der Waals surface area contributed by atoms with Crippen LogP contribution in [0.2, 0.25) is 0 Å². The Hall–Kier alpha value is -1.92. The number of hydrogen-bond acceptors (Lipinski definition) is 4. The molecule has 1 aliphatic heterocycles. The van der Waals surface area contributed by atoms with Crippen molar-refractivity contribution in [2.75, 3.05) is 13.7 Å². The number of hydrogen-bond donors (Lipinski definition) is 1. The number of methoxy groups -OCH3 is 1. The summed E-state index contributed by atoms with van der Waals surface area (Å²) in [5.41, 5.74) is 2.04. The first-order valence-electron chi connectivity index (χ1n) is 6.93. The molecule has 2 aromatic rings. The molecule has 4 nitrogen and oxygen atoms in total. The minimum atomic E-state index is -3.75. The van der Waals surface area contributed by atoms with Crippen molar-refractivity contribution in [1.29, 1.82) is 0 Å². The highest BCUT2D eigenvalue weighted by molar-refractivity contribution is 7.91. The van der Waals surface area contributed by atoms with Crippen LogP contribution in [-0.4, -0.2) is 22.1 Å². The second-order valence-corrected chi connectivity index (χ2v) is 7.07. The van der Waals surface area contributed by atoms with Gasteiger partial charge in [-0.2, -0.15) is 0 Å². The van der Waals surface area contributed by atoms with Gasteiger partial charge in [-0.05, 0) is 60.5 Å². The summed E-state index contributed by atoms with van der Waals surface area (Å²) in [5.74, 6) is -0.148. The number of benzene rings is 2. The van der Waals surface area contributed by atoms with Gasteiger partial charge in [0, 0.05) is 6.54 Å². The summed E-state index contributed by atoms with van der Waals surface area (Å²) >= 11 is 0. The summed E-state index contributed by atoms with van der Waals surface area (Å²) in [6.07, 6.45) is 0.836. The van der Waals surface area contributed by atoms with E-state index in [1.165, 1.54) is 19.2 Å². The summed E-state index contributed by atoms with van der Waals surface area (Å²) in [5, 5.41) is 3.22. The smallest absolute Gasteiger partial charge is 0.210 e. The third-order valence-electron chi connectivity index (χ3n) is 3.79. The Morgan fingerprint density at radius 2 is 1.86 bits per heavy atom. The van der Waals surface area contributed by atoms with E-state index in [2.05, 4.69) is 5.32 Å². The first-order chi connectivity index (χ1) is 10.5. The Kier molecular flexibility index (Phi) is 3.88. The first-order valence-corrected chi connectivity index (χ1v) is 8.42. The van der Waals surface area contributed by atoms with E-state index in [-0.39, 0.29) is 9.79 Å². The molecule has 1 heterocycles. The summed E-state index contributed by atoms with van der Waals surface area (Å²) in [4.78, 5) is 0.167. The average Bonchev–Trinajstić information content (AvgIpc) is 2.54. The normalized spacial score (nSPS) is 14.5. The van der Waals surface area contributed by atoms with E-state index in [9.17, 15) is 12.8 Å². The Bertz CT molecular complexity index is 801. The fourth-order valence-electron chi connectivity index (χ4n) is 2.60. The highest BCUT2D eigenvalue weighted by atomic mass is 32.2. The van der Waals surface area contributed by atoms with E-state index in [0.717, 1.165) is 36.2 Å². The lowest BCUT2D eigenvalue weighted by Crippen LogP contribution is -2.24. The standard InChI is InChI=1S/C16H16FNO3S/c1-21-15-8-11-6-7-18-10-12(11)9-16(15)22(19,20)14-4-2-13(17)3-5-14/h2-5,8-9,18H,6-7,10H2,1H3. The quantitative estimate of drug-likeness (QED) is 0.882. The molecule has 0 aromatic heterocycles. The number of rotatable bonds is 3. The maximum atomic E-state index is 13.0. The van der Waals surface area contributed by atoms with Crippen LogP contribution >= 0.6 is 0 Å². The largest absolute Gasteiger partial charge is 0.495 e. The van der Waals surface area contributed by atoms with Crippen LogP contribution in [0.25, 0.3) is 0 Å². The minimum absolute atomic E-state index is 0.0518. The third-order valence-corrected chi connectivity index (χ3v) is 5.58. The molecule has 0 amide bonds. The van der Waals surface area contributed by atoms with Gasteiger partial charge in [-0.15, -0.1) is 0 Å². The van der Waals surface area contributed by atoms with Gasteiger partial charge in [-0.1, -0.05) is 0 Å². The highest BCUT2D eigenvalue weighted by Gasteiger charge is 2.25. The van der Waals surface area contributed by atoms with Crippen LogP contribution in [0.3, 0.4) is 0 Å². The zero-order valence-electron chi connectivity index (χ0n) is 12.1. The molecule has 1 aliphatic rings. The van der Waals surface area contributed by atoms with Gasteiger partial charge in [-0.3, -0.25) is 0 Å². The second kappa shape index (κ2) is 5.70. The Morgan fingerprint density at radius 3 is 2.55 bits per heavy atom. The Labute approximate surface area is 128 Å². The van der Waals surface area contributed by atoms with E-state index in [1.54, 1.807) is 12.1 Å². The third kappa shape index (κ3) is 2.60. The van der Waals surface area contributed by atoms with Gasteiger partial charge in [0.2, 0.25) is 9.84 Å². The van der Waals surface area contributed by atoms with Crippen LogP contribution in [-0.2, 0) is 22.8 Å². The zero-order chi connectivity index (χ0) is 15.7. The Morgan fingerprint density at radius 1 is 1.14 bits per heavy atom. The van der Waals surface area contributed by atoms with Crippen molar-refractivity contribution in [1.82, 2.24) is 5.32 Å². The van der Waals surface area contributed by atoms with E-state index < -0.39 is 15.7 Å². The van der Waals surface area contributed by atoms with E-state index in [4.69, 9.17) is 4.74 Å². The number of sulfone groups is 1. The lowest BCUT2D eigenvalue weighted by Gasteiger charge is -2.20. The predicted octanol–water partition coefficient (Wildman–Crippen LogP) is 2.31. The van der Waals surface area contributed by atoms with Crippen LogP contribution in [0.15, 0.2) is 46.2 Å². The molecule has 1 N–H and O–H groups in total. The van der Waals surface area contributed by atoms with Gasteiger partial charge in [-0.25, -0.2) is 12.8 Å². The minimum Gasteiger partial charge on any atom is -0.495 e. The molecule has 0 bridgehead atoms. The van der Waals surface area contributed by atoms with Gasteiger partial charge in [0.15, 0.2) is 0 Å². The summed E-state index contributed by atoms with van der Waals surface area (Å²) in [6.45, 7) is 1.49. The molecule has 3 rings (SSSR count). The van der Waals surface area contributed by atoms with Crippen molar-refractivity contribution in [3.63, 3.8) is 0 Å². The van der Waals surface area contributed by atoms with Crippen molar-refractivity contribution in [2.24, 2.45) is 0 Å². The molecule has 22 heavy (non-hydrogen) atoms. The summed E-state index contributed by atoms with van der Waals surface area (Å²) in [6, 6.07) is 8.24. The van der Waals surface area contributed by atoms with E-state index in [0.29, 0.717) is 12.3 Å². The van der Waals surface area contributed by atoms with Crippen molar-refractivity contribution in [3.05, 3.63) is 53.3 Å². The average molecular weight is 321 g/mol. The number of fused-ring (bicyclic) bond motifs is 1. The zero-order valence-corrected chi connectivity index (χ0v) is 12.9. The van der Waals surface area contributed by atoms with Crippen molar-refractivity contribution in [3.8, 4) is 5.75 Å². The van der Waals surface area contributed by atoms with Crippen LogP contribution in [0.4, 0.5) is 4.39 Å². The first kappa shape index (κ1) is 15.0. The monoisotopic (exact) mass is 321 g/mol. The van der Waals surface area contributed by atoms with Crippen LogP contribution < -0.4 is 10.1 Å². The summed E-state index contributed by atoms with van der Waals surface area (Å²) in [7, 11) is -2.30. The Balaban J connectivity index is 2.15. The highest BCUT2D eigenvalue weighted by Crippen LogP contribution is 2.33. The van der Waals surface area contributed by atoms with Crippen molar-refractivity contribution >= 4 is 9.84 Å². The van der Waals surface area contributed by atoms with Crippen molar-refractivity contribution in [2.45, 2.75) is 22.8 Å². The number of halogens is 1. The molecular formula is C16H16FNO3S. The lowest BCUT2D eigenvalue weighted by molar-refractivity contribution is 0.401. The molecule has 0 radical (unpaired) electrons. The van der Waals surface area contributed by atoms with Crippen molar-refractivity contribution < 1.29 is 17.5 Å². The molecule has 0 spiro atoms. The second-order valence-electron chi connectivity index (χ2n) is 5.16. The molecule has 0 aliphatic carbocycles. The van der Waals surface area contributed by atoms with Gasteiger partial charge < -0.3 is 10.1 Å². The molecule has 2 aromatic carbocycles. The lowest BCUT2D eigenvalue weighted by atomic mass is 10.0. The molecule has 0 fully saturated rings. The molecule has 0 saturated heterocycles. The van der Waals surface area contributed by atoms with Gasteiger partial charge in [0.25, 0.3) is 0 Å². The van der Waals surface area contributed by atoms with Gasteiger partial charge in [0.05, 0.1) is 12.0 Å².